The number of anilines is 1. The standard InChI is InChI=1S/C17H23N5O2/c1-12(16(23)18-3)11-21(4)17(24)19-14-6-5-7-15(10-14)22-9-8-13(2)20-22/h5-10,12H,11H2,1-4H3,(H,18,23)(H,19,24). The Morgan fingerprint density at radius 3 is 2.71 bits per heavy atom. The first kappa shape index (κ1) is 17.5. The first-order valence-electron chi connectivity index (χ1n) is 7.77. The minimum absolute atomic E-state index is 0.0919. The molecule has 0 bridgehead atoms. The number of urea groups is 1. The molecule has 0 saturated heterocycles. The largest absolute Gasteiger partial charge is 0.359 e. The second-order valence-electron chi connectivity index (χ2n) is 5.78. The molecular weight excluding hydrogens is 306 g/mol. The molecule has 3 amide bonds. The molecule has 0 fully saturated rings. The van der Waals surface area contributed by atoms with Gasteiger partial charge >= 0.3 is 6.03 Å². The molecule has 1 aromatic heterocycles. The highest BCUT2D eigenvalue weighted by Crippen LogP contribution is 2.15. The highest BCUT2D eigenvalue weighted by Gasteiger charge is 2.17. The summed E-state index contributed by atoms with van der Waals surface area (Å²) in [5.41, 5.74) is 2.46. The number of rotatable bonds is 5. The van der Waals surface area contributed by atoms with Crippen molar-refractivity contribution in [3.05, 3.63) is 42.2 Å². The SMILES string of the molecule is CNC(=O)C(C)CN(C)C(=O)Nc1cccc(-n2ccc(C)n2)c1. The summed E-state index contributed by atoms with van der Waals surface area (Å²) in [4.78, 5) is 25.3. The van der Waals surface area contributed by atoms with Crippen LogP contribution in [0.1, 0.15) is 12.6 Å². The number of carbonyl (C=O) groups excluding carboxylic acids is 2. The molecule has 1 atom stereocenters. The third-order valence-corrected chi connectivity index (χ3v) is 3.67. The number of carbonyl (C=O) groups is 2. The molecule has 7 heteroatoms. The van der Waals surface area contributed by atoms with E-state index in [0.29, 0.717) is 12.2 Å². The molecule has 0 saturated carbocycles. The van der Waals surface area contributed by atoms with E-state index in [1.807, 2.05) is 43.5 Å². The molecule has 1 heterocycles. The summed E-state index contributed by atoms with van der Waals surface area (Å²) in [5.74, 6) is -0.366. The lowest BCUT2D eigenvalue weighted by atomic mass is 10.1. The molecule has 1 aromatic carbocycles. The molecule has 0 radical (unpaired) electrons. The minimum Gasteiger partial charge on any atom is -0.359 e. The van der Waals surface area contributed by atoms with Crippen LogP contribution < -0.4 is 10.6 Å². The van der Waals surface area contributed by atoms with Gasteiger partial charge in [0.15, 0.2) is 0 Å². The first-order valence-corrected chi connectivity index (χ1v) is 7.77. The van der Waals surface area contributed by atoms with E-state index >= 15 is 0 Å². The van der Waals surface area contributed by atoms with E-state index in [4.69, 9.17) is 0 Å². The fourth-order valence-electron chi connectivity index (χ4n) is 2.33. The molecule has 7 nitrogen and oxygen atoms in total. The molecule has 1 unspecified atom stereocenters. The monoisotopic (exact) mass is 329 g/mol. The molecule has 0 aliphatic carbocycles. The third-order valence-electron chi connectivity index (χ3n) is 3.67. The van der Waals surface area contributed by atoms with E-state index in [9.17, 15) is 9.59 Å². The van der Waals surface area contributed by atoms with Gasteiger partial charge in [-0.1, -0.05) is 13.0 Å². The second-order valence-corrected chi connectivity index (χ2v) is 5.78. The number of aryl methyl sites for hydroxylation is 1. The fraction of sp³-hybridized carbons (Fsp3) is 0.353. The summed E-state index contributed by atoms with van der Waals surface area (Å²) in [6.45, 7) is 4.04. The van der Waals surface area contributed by atoms with Gasteiger partial charge in [0.25, 0.3) is 0 Å². The van der Waals surface area contributed by atoms with Gasteiger partial charge in [0.1, 0.15) is 0 Å². The number of hydrogen-bond donors (Lipinski definition) is 2. The molecule has 0 aliphatic heterocycles. The number of nitrogens with zero attached hydrogens (tertiary/aromatic N) is 3. The average Bonchev–Trinajstić information content (AvgIpc) is 3.00. The first-order chi connectivity index (χ1) is 11.4. The van der Waals surface area contributed by atoms with Gasteiger partial charge in [0.2, 0.25) is 5.91 Å². The Kier molecular flexibility index (Phi) is 5.57. The summed E-state index contributed by atoms with van der Waals surface area (Å²) in [6, 6.07) is 9.08. The van der Waals surface area contributed by atoms with Crippen LogP contribution in [0.3, 0.4) is 0 Å². The van der Waals surface area contributed by atoms with E-state index in [1.165, 1.54) is 4.90 Å². The van der Waals surface area contributed by atoms with Crippen molar-refractivity contribution in [3.8, 4) is 5.69 Å². The van der Waals surface area contributed by atoms with Crippen molar-refractivity contribution in [2.45, 2.75) is 13.8 Å². The Hall–Kier alpha value is -2.83. The summed E-state index contributed by atoms with van der Waals surface area (Å²) < 4.78 is 1.75. The predicted molar refractivity (Wildman–Crippen MR) is 93.2 cm³/mol. The molecule has 2 N–H and O–H groups in total. The highest BCUT2D eigenvalue weighted by atomic mass is 16.2. The zero-order valence-corrected chi connectivity index (χ0v) is 14.4. The zero-order valence-electron chi connectivity index (χ0n) is 14.4. The van der Waals surface area contributed by atoms with Gasteiger partial charge in [-0.2, -0.15) is 5.10 Å². The van der Waals surface area contributed by atoms with Crippen molar-refractivity contribution in [3.63, 3.8) is 0 Å². The normalized spacial score (nSPS) is 11.7. The minimum atomic E-state index is -0.274. The van der Waals surface area contributed by atoms with Crippen LogP contribution in [0.4, 0.5) is 10.5 Å². The Labute approximate surface area is 141 Å². The molecule has 24 heavy (non-hydrogen) atoms. The van der Waals surface area contributed by atoms with E-state index in [0.717, 1.165) is 11.4 Å². The van der Waals surface area contributed by atoms with Crippen molar-refractivity contribution in [1.82, 2.24) is 20.0 Å². The van der Waals surface area contributed by atoms with Crippen molar-refractivity contribution in [2.24, 2.45) is 5.92 Å². The van der Waals surface area contributed by atoms with Crippen LogP contribution in [0.15, 0.2) is 36.5 Å². The lowest BCUT2D eigenvalue weighted by Crippen LogP contribution is -2.39. The summed E-state index contributed by atoms with van der Waals surface area (Å²) in [6.07, 6.45) is 1.87. The van der Waals surface area contributed by atoms with Crippen LogP contribution in [0.25, 0.3) is 5.69 Å². The fourth-order valence-corrected chi connectivity index (χ4v) is 2.33. The van der Waals surface area contributed by atoms with Crippen molar-refractivity contribution in [1.29, 1.82) is 0 Å². The van der Waals surface area contributed by atoms with Crippen molar-refractivity contribution < 1.29 is 9.59 Å². The van der Waals surface area contributed by atoms with Gasteiger partial charge < -0.3 is 15.5 Å². The van der Waals surface area contributed by atoms with Gasteiger partial charge in [0.05, 0.1) is 17.3 Å². The van der Waals surface area contributed by atoms with Crippen LogP contribution in [0.2, 0.25) is 0 Å². The quantitative estimate of drug-likeness (QED) is 0.881. The van der Waals surface area contributed by atoms with Gasteiger partial charge in [-0.3, -0.25) is 4.79 Å². The van der Waals surface area contributed by atoms with Crippen LogP contribution in [0.5, 0.6) is 0 Å². The molecule has 2 rings (SSSR count). The second kappa shape index (κ2) is 7.63. The van der Waals surface area contributed by atoms with Crippen LogP contribution in [0, 0.1) is 12.8 Å². The Bertz CT molecular complexity index is 725. The Balaban J connectivity index is 2.02. The predicted octanol–water partition coefficient (Wildman–Crippen LogP) is 2.03. The van der Waals surface area contributed by atoms with E-state index in [2.05, 4.69) is 15.7 Å². The molecule has 0 spiro atoms. The summed E-state index contributed by atoms with van der Waals surface area (Å²) in [5, 5.41) is 9.77. The maximum absolute atomic E-state index is 12.3. The lowest BCUT2D eigenvalue weighted by Gasteiger charge is -2.21. The molecule has 2 aromatic rings. The van der Waals surface area contributed by atoms with E-state index in [1.54, 1.807) is 25.7 Å². The number of hydrogen-bond acceptors (Lipinski definition) is 3. The zero-order chi connectivity index (χ0) is 17.7. The topological polar surface area (TPSA) is 79.3 Å². The molecule has 128 valence electrons. The molecular formula is C17H23N5O2. The van der Waals surface area contributed by atoms with Gasteiger partial charge in [-0.15, -0.1) is 0 Å². The maximum Gasteiger partial charge on any atom is 0.321 e. The summed E-state index contributed by atoms with van der Waals surface area (Å²) >= 11 is 0. The van der Waals surface area contributed by atoms with E-state index < -0.39 is 0 Å². The number of benzene rings is 1. The van der Waals surface area contributed by atoms with Crippen molar-refractivity contribution >= 4 is 17.6 Å². The Morgan fingerprint density at radius 2 is 2.08 bits per heavy atom. The molecule has 0 aliphatic rings. The number of amides is 3. The third kappa shape index (κ3) is 4.34. The Morgan fingerprint density at radius 1 is 1.33 bits per heavy atom. The lowest BCUT2D eigenvalue weighted by molar-refractivity contribution is -0.124. The number of nitrogens with one attached hydrogen (secondary N) is 2. The maximum atomic E-state index is 12.3. The van der Waals surface area contributed by atoms with E-state index in [-0.39, 0.29) is 17.9 Å². The smallest absolute Gasteiger partial charge is 0.321 e. The van der Waals surface area contributed by atoms with Gasteiger partial charge in [0, 0.05) is 32.5 Å². The van der Waals surface area contributed by atoms with Crippen LogP contribution in [-0.4, -0.2) is 47.3 Å². The van der Waals surface area contributed by atoms with Crippen LogP contribution in [-0.2, 0) is 4.79 Å². The van der Waals surface area contributed by atoms with Crippen molar-refractivity contribution in [2.75, 3.05) is 26.0 Å². The average molecular weight is 329 g/mol. The van der Waals surface area contributed by atoms with Gasteiger partial charge in [-0.25, -0.2) is 9.48 Å². The number of aromatic nitrogens is 2. The highest BCUT2D eigenvalue weighted by molar-refractivity contribution is 5.90. The summed E-state index contributed by atoms with van der Waals surface area (Å²) in [7, 11) is 3.25. The van der Waals surface area contributed by atoms with Crippen LogP contribution >= 0.6 is 0 Å². The van der Waals surface area contributed by atoms with Gasteiger partial charge in [-0.05, 0) is 31.2 Å².